The highest BCUT2D eigenvalue weighted by Crippen LogP contribution is 2.38. The van der Waals surface area contributed by atoms with Crippen LogP contribution in [0.5, 0.6) is 0 Å². The Labute approximate surface area is 115 Å². The van der Waals surface area contributed by atoms with Crippen molar-refractivity contribution in [3.8, 4) is 0 Å². The molecule has 1 fully saturated rings. The molecule has 0 saturated heterocycles. The summed E-state index contributed by atoms with van der Waals surface area (Å²) in [7, 11) is 2.90. The van der Waals surface area contributed by atoms with E-state index < -0.39 is 17.5 Å². The Morgan fingerprint density at radius 1 is 1.16 bits per heavy atom. The number of hydrogen-bond acceptors (Lipinski definition) is 4. The van der Waals surface area contributed by atoms with Gasteiger partial charge < -0.3 is 9.47 Å². The minimum atomic E-state index is -0.796. The summed E-state index contributed by atoms with van der Waals surface area (Å²) in [5.41, 5.74) is -0.796. The van der Waals surface area contributed by atoms with Gasteiger partial charge in [-0.1, -0.05) is 20.8 Å². The van der Waals surface area contributed by atoms with Crippen LogP contribution in [0.4, 0.5) is 0 Å². The maximum Gasteiger partial charge on any atom is 0.316 e. The van der Waals surface area contributed by atoms with E-state index in [2.05, 4.69) is 6.92 Å². The van der Waals surface area contributed by atoms with Gasteiger partial charge in [-0.25, -0.2) is 0 Å². The number of carbonyl (C=O) groups excluding carboxylic acids is 2. The minimum absolute atomic E-state index is 0.0775. The Kier molecular flexibility index (Phi) is 5.53. The number of methoxy groups -OCH3 is 2. The molecule has 0 heterocycles. The van der Waals surface area contributed by atoms with Crippen LogP contribution in [-0.4, -0.2) is 31.6 Å². The van der Waals surface area contributed by atoms with E-state index in [9.17, 15) is 9.59 Å². The van der Waals surface area contributed by atoms with E-state index >= 15 is 0 Å². The van der Waals surface area contributed by atoms with Gasteiger partial charge in [-0.15, -0.1) is 0 Å². The van der Waals surface area contributed by atoms with Crippen LogP contribution in [0.3, 0.4) is 0 Å². The highest BCUT2D eigenvalue weighted by atomic mass is 16.5. The maximum atomic E-state index is 12.8. The topological polar surface area (TPSA) is 52.6 Å². The van der Waals surface area contributed by atoms with Crippen molar-refractivity contribution in [3.05, 3.63) is 0 Å². The Bertz CT molecular complexity index is 327. The van der Waals surface area contributed by atoms with Crippen molar-refractivity contribution in [1.29, 1.82) is 0 Å². The highest BCUT2D eigenvalue weighted by molar-refractivity contribution is 6.03. The molecule has 0 aliphatic heterocycles. The lowest BCUT2D eigenvalue weighted by molar-refractivity contribution is -0.163. The van der Waals surface area contributed by atoms with Crippen LogP contribution < -0.4 is 0 Å². The summed E-state index contributed by atoms with van der Waals surface area (Å²) < 4.78 is 10.3. The second-order valence-corrected chi connectivity index (χ2v) is 5.99. The predicted octanol–water partition coefficient (Wildman–Crippen LogP) is 2.60. The zero-order valence-electron chi connectivity index (χ0n) is 12.7. The first-order chi connectivity index (χ1) is 8.88. The Hall–Kier alpha value is -0.900. The van der Waals surface area contributed by atoms with E-state index in [0.717, 1.165) is 12.8 Å². The molecule has 19 heavy (non-hydrogen) atoms. The lowest BCUT2D eigenvalue weighted by Crippen LogP contribution is -2.50. The lowest BCUT2D eigenvalue weighted by Gasteiger charge is -2.39. The average Bonchev–Trinajstić information content (AvgIpc) is 2.39. The SMILES string of the molecule is COC(=O)C(C(=O)C1(OC)CCC(C)CC1)C(C)C. The highest BCUT2D eigenvalue weighted by Gasteiger charge is 2.47. The molecule has 1 unspecified atom stereocenters. The van der Waals surface area contributed by atoms with Gasteiger partial charge in [-0.05, 0) is 37.5 Å². The zero-order valence-corrected chi connectivity index (χ0v) is 12.7. The second kappa shape index (κ2) is 6.51. The van der Waals surface area contributed by atoms with Crippen molar-refractivity contribution in [2.45, 2.75) is 52.1 Å². The molecule has 0 radical (unpaired) electrons. The van der Waals surface area contributed by atoms with Crippen molar-refractivity contribution >= 4 is 11.8 Å². The first kappa shape index (κ1) is 16.2. The second-order valence-electron chi connectivity index (χ2n) is 5.99. The molecular weight excluding hydrogens is 244 g/mol. The molecule has 0 aromatic carbocycles. The third-order valence-corrected chi connectivity index (χ3v) is 4.33. The van der Waals surface area contributed by atoms with Crippen LogP contribution in [-0.2, 0) is 19.1 Å². The summed E-state index contributed by atoms with van der Waals surface area (Å²) in [6.45, 7) is 5.92. The normalized spacial score (nSPS) is 29.1. The Morgan fingerprint density at radius 2 is 1.68 bits per heavy atom. The van der Waals surface area contributed by atoms with Gasteiger partial charge in [0, 0.05) is 7.11 Å². The van der Waals surface area contributed by atoms with Crippen LogP contribution >= 0.6 is 0 Å². The van der Waals surface area contributed by atoms with E-state index in [1.54, 1.807) is 7.11 Å². The van der Waals surface area contributed by atoms with Gasteiger partial charge in [-0.2, -0.15) is 0 Å². The van der Waals surface area contributed by atoms with Gasteiger partial charge in [-0.3, -0.25) is 9.59 Å². The van der Waals surface area contributed by atoms with Crippen LogP contribution in [0.25, 0.3) is 0 Å². The van der Waals surface area contributed by atoms with Crippen LogP contribution in [0.1, 0.15) is 46.5 Å². The molecule has 0 bridgehead atoms. The number of Topliss-reactive ketones (excluding diaryl/α,β-unsaturated/α-hetero) is 1. The molecular formula is C15H26O4. The minimum Gasteiger partial charge on any atom is -0.468 e. The molecule has 4 nitrogen and oxygen atoms in total. The molecule has 1 saturated carbocycles. The number of carbonyl (C=O) groups is 2. The fraction of sp³-hybridized carbons (Fsp3) is 0.867. The van der Waals surface area contributed by atoms with Crippen molar-refractivity contribution in [2.24, 2.45) is 17.8 Å². The first-order valence-electron chi connectivity index (χ1n) is 7.05. The van der Waals surface area contributed by atoms with Crippen LogP contribution in [0, 0.1) is 17.8 Å². The fourth-order valence-corrected chi connectivity index (χ4v) is 2.87. The van der Waals surface area contributed by atoms with Crippen LogP contribution in [0.2, 0.25) is 0 Å². The lowest BCUT2D eigenvalue weighted by atomic mass is 9.72. The third kappa shape index (κ3) is 3.35. The van der Waals surface area contributed by atoms with Gasteiger partial charge in [0.15, 0.2) is 5.78 Å². The average molecular weight is 270 g/mol. The van der Waals surface area contributed by atoms with Crippen molar-refractivity contribution in [2.75, 3.05) is 14.2 Å². The molecule has 110 valence electrons. The van der Waals surface area contributed by atoms with Gasteiger partial charge in [0.05, 0.1) is 7.11 Å². The van der Waals surface area contributed by atoms with Crippen molar-refractivity contribution < 1.29 is 19.1 Å². The number of ether oxygens (including phenoxy) is 2. The quantitative estimate of drug-likeness (QED) is 0.569. The van der Waals surface area contributed by atoms with E-state index in [1.165, 1.54) is 7.11 Å². The summed E-state index contributed by atoms with van der Waals surface area (Å²) in [5, 5.41) is 0. The Balaban J connectivity index is 2.96. The Morgan fingerprint density at radius 3 is 2.05 bits per heavy atom. The molecule has 0 aromatic heterocycles. The number of hydrogen-bond donors (Lipinski definition) is 0. The van der Waals surface area contributed by atoms with Crippen LogP contribution in [0.15, 0.2) is 0 Å². The van der Waals surface area contributed by atoms with E-state index in [-0.39, 0.29) is 11.7 Å². The molecule has 1 aliphatic rings. The van der Waals surface area contributed by atoms with Gasteiger partial charge >= 0.3 is 5.97 Å². The van der Waals surface area contributed by atoms with Crippen molar-refractivity contribution in [1.82, 2.24) is 0 Å². The van der Waals surface area contributed by atoms with E-state index in [1.807, 2.05) is 13.8 Å². The summed E-state index contributed by atoms with van der Waals surface area (Å²) in [6, 6.07) is 0. The molecule has 4 heteroatoms. The van der Waals surface area contributed by atoms with E-state index in [4.69, 9.17) is 9.47 Å². The predicted molar refractivity (Wildman–Crippen MR) is 72.7 cm³/mol. The summed E-state index contributed by atoms with van der Waals surface area (Å²) in [4.78, 5) is 24.6. The smallest absolute Gasteiger partial charge is 0.316 e. The summed E-state index contributed by atoms with van der Waals surface area (Å²) >= 11 is 0. The molecule has 0 spiro atoms. The number of esters is 1. The fourth-order valence-electron chi connectivity index (χ4n) is 2.87. The molecule has 1 rings (SSSR count). The number of rotatable bonds is 5. The van der Waals surface area contributed by atoms with Gasteiger partial charge in [0.25, 0.3) is 0 Å². The standard InChI is InChI=1S/C15H26O4/c1-10(2)12(14(17)18-4)13(16)15(19-5)8-6-11(3)7-9-15/h10-12H,6-9H2,1-5H3. The molecule has 0 N–H and O–H groups in total. The summed E-state index contributed by atoms with van der Waals surface area (Å²) in [5.74, 6) is -0.741. The molecule has 0 amide bonds. The summed E-state index contributed by atoms with van der Waals surface area (Å²) in [6.07, 6.45) is 3.32. The zero-order chi connectivity index (χ0) is 14.6. The third-order valence-electron chi connectivity index (χ3n) is 4.33. The van der Waals surface area contributed by atoms with Gasteiger partial charge in [0.2, 0.25) is 0 Å². The maximum absolute atomic E-state index is 12.8. The molecule has 1 aliphatic carbocycles. The number of ketones is 1. The monoisotopic (exact) mass is 270 g/mol. The van der Waals surface area contributed by atoms with Crippen molar-refractivity contribution in [3.63, 3.8) is 0 Å². The molecule has 1 atom stereocenters. The first-order valence-corrected chi connectivity index (χ1v) is 7.05. The van der Waals surface area contributed by atoms with E-state index in [0.29, 0.717) is 18.8 Å². The molecule has 0 aromatic rings. The largest absolute Gasteiger partial charge is 0.468 e. The van der Waals surface area contributed by atoms with Gasteiger partial charge in [0.1, 0.15) is 11.5 Å².